The molecule has 2 heterocycles. The molecule has 0 saturated carbocycles. The number of hydrogen-bond donors (Lipinski definition) is 0. The zero-order valence-electron chi connectivity index (χ0n) is 28.6. The van der Waals surface area contributed by atoms with E-state index in [1.54, 1.807) is 0 Å². The number of nitrogens with zero attached hydrogens (tertiary/aromatic N) is 3. The standard InChI is InChI=1S/C49H31N3O/c1-3-11-32(12-4-1)34-19-21-35(22-20-34)36-23-26-37(27-24-36)41-29-30-43(45-42-17-9-10-18-44(42)53-46(41)45)49-51-47(38-14-5-2-6-15-38)50-48(52-49)40-28-25-33-13-7-8-16-39(33)31-40/h1-31H. The molecule has 0 fully saturated rings. The third-order valence-electron chi connectivity index (χ3n) is 9.96. The van der Waals surface area contributed by atoms with Crippen LogP contribution in [0.3, 0.4) is 0 Å². The van der Waals surface area contributed by atoms with E-state index in [1.807, 2.05) is 48.5 Å². The van der Waals surface area contributed by atoms with Gasteiger partial charge in [-0.15, -0.1) is 0 Å². The summed E-state index contributed by atoms with van der Waals surface area (Å²) in [6.07, 6.45) is 0. The van der Waals surface area contributed by atoms with Crippen LogP contribution in [0.25, 0.3) is 100 Å². The van der Waals surface area contributed by atoms with Crippen LogP contribution in [0.1, 0.15) is 0 Å². The second-order valence-electron chi connectivity index (χ2n) is 13.2. The summed E-state index contributed by atoms with van der Waals surface area (Å²) in [6, 6.07) is 65.2. The first-order chi connectivity index (χ1) is 26.2. The minimum absolute atomic E-state index is 0.597. The fourth-order valence-electron chi connectivity index (χ4n) is 7.24. The highest BCUT2D eigenvalue weighted by molar-refractivity contribution is 6.15. The largest absolute Gasteiger partial charge is 0.455 e. The lowest BCUT2D eigenvalue weighted by Gasteiger charge is -2.11. The van der Waals surface area contributed by atoms with E-state index in [0.29, 0.717) is 17.5 Å². The van der Waals surface area contributed by atoms with Gasteiger partial charge >= 0.3 is 0 Å². The second kappa shape index (κ2) is 12.9. The number of para-hydroxylation sites is 1. The van der Waals surface area contributed by atoms with Gasteiger partial charge in [0.2, 0.25) is 0 Å². The number of aromatic nitrogens is 3. The highest BCUT2D eigenvalue weighted by Crippen LogP contribution is 2.42. The minimum atomic E-state index is 0.597. The summed E-state index contributed by atoms with van der Waals surface area (Å²) in [6.45, 7) is 0. The lowest BCUT2D eigenvalue weighted by molar-refractivity contribution is 0.670. The molecule has 248 valence electrons. The molecule has 0 radical (unpaired) electrons. The third-order valence-corrected chi connectivity index (χ3v) is 9.96. The van der Waals surface area contributed by atoms with Crippen molar-refractivity contribution in [1.29, 1.82) is 0 Å². The average Bonchev–Trinajstić information content (AvgIpc) is 3.64. The van der Waals surface area contributed by atoms with Crippen molar-refractivity contribution in [2.75, 3.05) is 0 Å². The molecule has 0 aliphatic rings. The zero-order chi connectivity index (χ0) is 35.1. The molecule has 10 rings (SSSR count). The van der Waals surface area contributed by atoms with Gasteiger partial charge < -0.3 is 4.42 Å². The zero-order valence-corrected chi connectivity index (χ0v) is 28.6. The molecular weight excluding hydrogens is 647 g/mol. The molecule has 0 spiro atoms. The van der Waals surface area contributed by atoms with Crippen molar-refractivity contribution < 1.29 is 4.42 Å². The predicted octanol–water partition coefficient (Wildman–Crippen LogP) is 12.9. The van der Waals surface area contributed by atoms with Crippen molar-refractivity contribution in [3.05, 3.63) is 188 Å². The van der Waals surface area contributed by atoms with Gasteiger partial charge in [-0.25, -0.2) is 15.0 Å². The topological polar surface area (TPSA) is 51.8 Å². The van der Waals surface area contributed by atoms with Crippen LogP contribution in [-0.2, 0) is 0 Å². The maximum absolute atomic E-state index is 6.68. The van der Waals surface area contributed by atoms with Crippen LogP contribution >= 0.6 is 0 Å². The molecule has 10 aromatic rings. The maximum Gasteiger partial charge on any atom is 0.164 e. The first kappa shape index (κ1) is 30.6. The van der Waals surface area contributed by atoms with Gasteiger partial charge in [-0.2, -0.15) is 0 Å². The van der Waals surface area contributed by atoms with Crippen molar-refractivity contribution in [3.8, 4) is 67.5 Å². The van der Waals surface area contributed by atoms with Gasteiger partial charge in [0.15, 0.2) is 17.5 Å². The second-order valence-corrected chi connectivity index (χ2v) is 13.2. The predicted molar refractivity (Wildman–Crippen MR) is 217 cm³/mol. The van der Waals surface area contributed by atoms with Gasteiger partial charge in [-0.1, -0.05) is 164 Å². The van der Waals surface area contributed by atoms with E-state index in [9.17, 15) is 0 Å². The van der Waals surface area contributed by atoms with Crippen LogP contribution in [0.4, 0.5) is 0 Å². The van der Waals surface area contributed by atoms with E-state index in [2.05, 4.69) is 140 Å². The number of fused-ring (bicyclic) bond motifs is 4. The summed E-state index contributed by atoms with van der Waals surface area (Å²) < 4.78 is 6.68. The minimum Gasteiger partial charge on any atom is -0.455 e. The average molecular weight is 678 g/mol. The lowest BCUT2D eigenvalue weighted by Crippen LogP contribution is -2.00. The first-order valence-corrected chi connectivity index (χ1v) is 17.8. The highest BCUT2D eigenvalue weighted by atomic mass is 16.3. The van der Waals surface area contributed by atoms with Crippen molar-refractivity contribution in [1.82, 2.24) is 15.0 Å². The van der Waals surface area contributed by atoms with Gasteiger partial charge in [-0.3, -0.25) is 0 Å². The molecule has 0 unspecified atom stereocenters. The number of benzene rings is 8. The van der Waals surface area contributed by atoms with E-state index in [1.165, 1.54) is 22.1 Å². The quantitative estimate of drug-likeness (QED) is 0.176. The highest BCUT2D eigenvalue weighted by Gasteiger charge is 2.21. The van der Waals surface area contributed by atoms with E-state index in [-0.39, 0.29) is 0 Å². The molecular formula is C49H31N3O. The van der Waals surface area contributed by atoms with Crippen molar-refractivity contribution in [2.45, 2.75) is 0 Å². The van der Waals surface area contributed by atoms with Gasteiger partial charge in [0.25, 0.3) is 0 Å². The fraction of sp³-hybridized carbons (Fsp3) is 0. The maximum atomic E-state index is 6.68. The number of furan rings is 1. The molecule has 4 nitrogen and oxygen atoms in total. The third kappa shape index (κ3) is 5.63. The van der Waals surface area contributed by atoms with Gasteiger partial charge in [0, 0.05) is 33.0 Å². The summed E-state index contributed by atoms with van der Waals surface area (Å²) >= 11 is 0. The molecule has 0 saturated heterocycles. The van der Waals surface area contributed by atoms with Crippen LogP contribution in [0.2, 0.25) is 0 Å². The summed E-state index contributed by atoms with van der Waals surface area (Å²) in [5.74, 6) is 1.84. The molecule has 0 atom stereocenters. The van der Waals surface area contributed by atoms with Gasteiger partial charge in [-0.05, 0) is 62.9 Å². The molecule has 53 heavy (non-hydrogen) atoms. The Morgan fingerprint density at radius 2 is 0.811 bits per heavy atom. The number of rotatable bonds is 6. The number of hydrogen-bond acceptors (Lipinski definition) is 4. The summed E-state index contributed by atoms with van der Waals surface area (Å²) in [5.41, 5.74) is 11.2. The van der Waals surface area contributed by atoms with Crippen molar-refractivity contribution >= 4 is 32.7 Å². The molecule has 8 aromatic carbocycles. The summed E-state index contributed by atoms with van der Waals surface area (Å²) in [4.78, 5) is 15.3. The Morgan fingerprint density at radius 3 is 1.51 bits per heavy atom. The van der Waals surface area contributed by atoms with Crippen molar-refractivity contribution in [3.63, 3.8) is 0 Å². The summed E-state index contributed by atoms with van der Waals surface area (Å²) in [5, 5.41) is 4.30. The lowest BCUT2D eigenvalue weighted by atomic mass is 9.95. The Kier molecular flexibility index (Phi) is 7.43. The fourth-order valence-corrected chi connectivity index (χ4v) is 7.24. The molecule has 0 N–H and O–H groups in total. The molecule has 4 heteroatoms. The molecule has 0 amide bonds. The van der Waals surface area contributed by atoms with Crippen LogP contribution in [0.15, 0.2) is 192 Å². The van der Waals surface area contributed by atoms with E-state index in [4.69, 9.17) is 19.4 Å². The van der Waals surface area contributed by atoms with E-state index in [0.717, 1.165) is 60.7 Å². The summed E-state index contributed by atoms with van der Waals surface area (Å²) in [7, 11) is 0. The molecule has 0 aliphatic carbocycles. The van der Waals surface area contributed by atoms with E-state index < -0.39 is 0 Å². The van der Waals surface area contributed by atoms with Crippen LogP contribution in [0.5, 0.6) is 0 Å². The van der Waals surface area contributed by atoms with Crippen LogP contribution in [-0.4, -0.2) is 15.0 Å². The Hall–Kier alpha value is -7.17. The smallest absolute Gasteiger partial charge is 0.164 e. The Bertz CT molecular complexity index is 2910. The first-order valence-electron chi connectivity index (χ1n) is 17.8. The van der Waals surface area contributed by atoms with Crippen LogP contribution in [0, 0.1) is 0 Å². The Morgan fingerprint density at radius 1 is 0.321 bits per heavy atom. The van der Waals surface area contributed by atoms with Gasteiger partial charge in [0.1, 0.15) is 11.2 Å². The van der Waals surface area contributed by atoms with E-state index >= 15 is 0 Å². The van der Waals surface area contributed by atoms with Crippen molar-refractivity contribution in [2.24, 2.45) is 0 Å². The normalized spacial score (nSPS) is 11.4. The molecule has 0 bridgehead atoms. The Labute approximate surface area is 306 Å². The monoisotopic (exact) mass is 677 g/mol. The van der Waals surface area contributed by atoms with Gasteiger partial charge in [0.05, 0.1) is 0 Å². The Balaban J connectivity index is 1.10. The molecule has 0 aliphatic heterocycles. The molecule has 2 aromatic heterocycles. The van der Waals surface area contributed by atoms with Crippen LogP contribution < -0.4 is 0 Å². The SMILES string of the molecule is c1ccc(-c2ccc(-c3ccc(-c4ccc(-c5nc(-c6ccccc6)nc(-c6ccc7ccccc7c6)n5)c5c4oc4ccccc45)cc3)cc2)cc1.